The van der Waals surface area contributed by atoms with Gasteiger partial charge in [0.2, 0.25) is 5.91 Å². The van der Waals surface area contributed by atoms with Crippen molar-refractivity contribution in [2.45, 2.75) is 24.8 Å². The topological polar surface area (TPSA) is 29.1 Å². The van der Waals surface area contributed by atoms with E-state index < -0.39 is 31.0 Å². The predicted octanol–water partition coefficient (Wildman–Crippen LogP) is 0.870. The first-order valence-corrected chi connectivity index (χ1v) is 3.29. The van der Waals surface area contributed by atoms with Gasteiger partial charge in [0.15, 0.2) is 0 Å². The van der Waals surface area contributed by atoms with Gasteiger partial charge in [0.1, 0.15) is 12.7 Å². The lowest BCUT2D eigenvalue weighted by molar-refractivity contribution is -0.136. The van der Waals surface area contributed by atoms with E-state index in [1.807, 2.05) is 5.32 Å². The highest BCUT2D eigenvalue weighted by Gasteiger charge is 2.43. The number of hydrogen-bond acceptors (Lipinski definition) is 1. The Bertz CT molecular complexity index is 171. The van der Waals surface area contributed by atoms with Crippen LogP contribution in [-0.2, 0) is 4.79 Å². The number of hydrogen-bond donors (Lipinski definition) is 1. The van der Waals surface area contributed by atoms with Gasteiger partial charge in [-0.1, -0.05) is 0 Å². The second-order valence-corrected chi connectivity index (χ2v) is 2.54. The number of carbonyl (C=O) groups is 1. The summed E-state index contributed by atoms with van der Waals surface area (Å²) in [5.41, 5.74) is 0. The van der Waals surface area contributed by atoms with Crippen LogP contribution in [0.25, 0.3) is 0 Å². The molecule has 1 atom stereocenters. The molecule has 5 heteroatoms. The standard InChI is InChI=1S/C6H8F3NO/c7-3-4-6(8,9)2-1-5(11)10-4/h4H,1-3H2,(H,10,11). The fraction of sp³-hybridized carbons (Fsp3) is 0.833. The third-order valence-corrected chi connectivity index (χ3v) is 1.68. The van der Waals surface area contributed by atoms with Crippen molar-refractivity contribution in [1.82, 2.24) is 5.32 Å². The van der Waals surface area contributed by atoms with E-state index in [-0.39, 0.29) is 6.42 Å². The Morgan fingerprint density at radius 2 is 2.27 bits per heavy atom. The van der Waals surface area contributed by atoms with Gasteiger partial charge in [-0.15, -0.1) is 0 Å². The number of carbonyl (C=O) groups excluding carboxylic acids is 1. The van der Waals surface area contributed by atoms with E-state index in [0.717, 1.165) is 0 Å². The maximum Gasteiger partial charge on any atom is 0.270 e. The molecule has 0 spiro atoms. The van der Waals surface area contributed by atoms with E-state index >= 15 is 0 Å². The zero-order valence-corrected chi connectivity index (χ0v) is 5.74. The number of rotatable bonds is 1. The Kier molecular flexibility index (Phi) is 2.06. The van der Waals surface area contributed by atoms with Crippen molar-refractivity contribution in [1.29, 1.82) is 0 Å². The Morgan fingerprint density at radius 3 is 2.73 bits per heavy atom. The monoisotopic (exact) mass is 167 g/mol. The number of nitrogens with one attached hydrogen (secondary N) is 1. The van der Waals surface area contributed by atoms with Crippen molar-refractivity contribution in [3.05, 3.63) is 0 Å². The van der Waals surface area contributed by atoms with Crippen molar-refractivity contribution in [2.75, 3.05) is 6.67 Å². The van der Waals surface area contributed by atoms with Crippen LogP contribution in [0, 0.1) is 0 Å². The van der Waals surface area contributed by atoms with Crippen LogP contribution in [0.5, 0.6) is 0 Å². The molecule has 0 bridgehead atoms. The van der Waals surface area contributed by atoms with E-state index in [2.05, 4.69) is 0 Å². The molecule has 0 aromatic carbocycles. The molecule has 1 heterocycles. The fourth-order valence-corrected chi connectivity index (χ4v) is 0.978. The van der Waals surface area contributed by atoms with Crippen molar-refractivity contribution in [2.24, 2.45) is 0 Å². The molecule has 0 saturated carbocycles. The van der Waals surface area contributed by atoms with Crippen LogP contribution in [0.1, 0.15) is 12.8 Å². The summed E-state index contributed by atoms with van der Waals surface area (Å²) < 4.78 is 37.0. The lowest BCUT2D eigenvalue weighted by Crippen LogP contribution is -2.53. The molecule has 1 amide bonds. The normalized spacial score (nSPS) is 29.7. The summed E-state index contributed by atoms with van der Waals surface area (Å²) in [4.78, 5) is 10.5. The van der Waals surface area contributed by atoms with Crippen LogP contribution >= 0.6 is 0 Å². The molecule has 2 nitrogen and oxygen atoms in total. The molecule has 11 heavy (non-hydrogen) atoms. The average Bonchev–Trinajstić information content (AvgIpc) is 1.94. The molecule has 0 radical (unpaired) electrons. The summed E-state index contributed by atoms with van der Waals surface area (Å²) in [7, 11) is 0. The van der Waals surface area contributed by atoms with E-state index in [1.54, 1.807) is 0 Å². The Morgan fingerprint density at radius 1 is 1.64 bits per heavy atom. The molecular weight excluding hydrogens is 159 g/mol. The van der Waals surface area contributed by atoms with Crippen molar-refractivity contribution in [3.8, 4) is 0 Å². The molecule has 0 aromatic heterocycles. The van der Waals surface area contributed by atoms with Crippen LogP contribution in [0.4, 0.5) is 13.2 Å². The molecule has 1 saturated heterocycles. The molecule has 1 aliphatic rings. The molecular formula is C6H8F3NO. The summed E-state index contributed by atoms with van der Waals surface area (Å²) >= 11 is 0. The van der Waals surface area contributed by atoms with E-state index in [0.29, 0.717) is 0 Å². The summed E-state index contributed by atoms with van der Waals surface area (Å²) in [5.74, 6) is -3.58. The first-order chi connectivity index (χ1) is 5.06. The van der Waals surface area contributed by atoms with Crippen molar-refractivity contribution >= 4 is 5.91 Å². The fourth-order valence-electron chi connectivity index (χ4n) is 0.978. The molecule has 1 rings (SSSR count). The van der Waals surface area contributed by atoms with Gasteiger partial charge in [0.25, 0.3) is 5.92 Å². The third-order valence-electron chi connectivity index (χ3n) is 1.68. The minimum atomic E-state index is -3.08. The maximum atomic E-state index is 12.6. The average molecular weight is 167 g/mol. The Balaban J connectivity index is 2.63. The van der Waals surface area contributed by atoms with Gasteiger partial charge in [-0.3, -0.25) is 4.79 Å². The Labute approximate surface area is 61.8 Å². The quantitative estimate of drug-likeness (QED) is 0.616. The largest absolute Gasteiger partial charge is 0.345 e. The highest BCUT2D eigenvalue weighted by Crippen LogP contribution is 2.28. The highest BCUT2D eigenvalue weighted by molar-refractivity contribution is 5.77. The van der Waals surface area contributed by atoms with Gasteiger partial charge in [0, 0.05) is 12.8 Å². The van der Waals surface area contributed by atoms with Crippen molar-refractivity contribution < 1.29 is 18.0 Å². The minimum Gasteiger partial charge on any atom is -0.345 e. The summed E-state index contributed by atoms with van der Waals surface area (Å²) in [6.45, 7) is -1.21. The van der Waals surface area contributed by atoms with Crippen molar-refractivity contribution in [3.63, 3.8) is 0 Å². The molecule has 1 N–H and O–H groups in total. The SMILES string of the molecule is O=C1CCC(F)(F)C(CF)N1. The second-order valence-electron chi connectivity index (χ2n) is 2.54. The van der Waals surface area contributed by atoms with Crippen LogP contribution in [-0.4, -0.2) is 24.5 Å². The number of piperidine rings is 1. The van der Waals surface area contributed by atoms with Crippen LogP contribution < -0.4 is 5.32 Å². The van der Waals surface area contributed by atoms with Gasteiger partial charge in [-0.2, -0.15) is 0 Å². The van der Waals surface area contributed by atoms with Crippen LogP contribution in [0.15, 0.2) is 0 Å². The second kappa shape index (κ2) is 2.71. The van der Waals surface area contributed by atoms with Gasteiger partial charge < -0.3 is 5.32 Å². The molecule has 1 aliphatic heterocycles. The van der Waals surface area contributed by atoms with E-state index in [9.17, 15) is 18.0 Å². The molecule has 0 aromatic rings. The predicted molar refractivity (Wildman–Crippen MR) is 32.1 cm³/mol. The third kappa shape index (κ3) is 1.64. The minimum absolute atomic E-state index is 0.219. The molecule has 0 aliphatic carbocycles. The molecule has 1 fully saturated rings. The lowest BCUT2D eigenvalue weighted by Gasteiger charge is -2.29. The zero-order valence-electron chi connectivity index (χ0n) is 5.74. The lowest BCUT2D eigenvalue weighted by atomic mass is 10.0. The van der Waals surface area contributed by atoms with Gasteiger partial charge in [-0.05, 0) is 0 Å². The summed E-state index contributed by atoms with van der Waals surface area (Å²) in [5, 5.41) is 1.89. The number of alkyl halides is 3. The first-order valence-electron chi connectivity index (χ1n) is 3.29. The van der Waals surface area contributed by atoms with Crippen LogP contribution in [0.3, 0.4) is 0 Å². The smallest absolute Gasteiger partial charge is 0.270 e. The summed E-state index contributed by atoms with van der Waals surface area (Å²) in [6.07, 6.45) is -0.767. The molecule has 64 valence electrons. The molecule has 1 unspecified atom stereocenters. The summed E-state index contributed by atoms with van der Waals surface area (Å²) in [6, 6.07) is -1.62. The van der Waals surface area contributed by atoms with Gasteiger partial charge >= 0.3 is 0 Å². The zero-order chi connectivity index (χ0) is 8.48. The highest BCUT2D eigenvalue weighted by atomic mass is 19.3. The number of halogens is 3. The van der Waals surface area contributed by atoms with E-state index in [1.165, 1.54) is 0 Å². The maximum absolute atomic E-state index is 12.6. The van der Waals surface area contributed by atoms with Crippen LogP contribution in [0.2, 0.25) is 0 Å². The first kappa shape index (κ1) is 8.36. The van der Waals surface area contributed by atoms with Gasteiger partial charge in [-0.25, -0.2) is 13.2 Å². The Hall–Kier alpha value is -0.740. The van der Waals surface area contributed by atoms with Gasteiger partial charge in [0.05, 0.1) is 0 Å². The number of amides is 1. The van der Waals surface area contributed by atoms with E-state index in [4.69, 9.17) is 0 Å².